The van der Waals surface area contributed by atoms with Crippen molar-refractivity contribution >= 4 is 5.91 Å². The topological polar surface area (TPSA) is 66.6 Å². The second-order valence-electron chi connectivity index (χ2n) is 5.64. The summed E-state index contributed by atoms with van der Waals surface area (Å²) in [4.78, 5) is 14.5. The van der Waals surface area contributed by atoms with Crippen LogP contribution in [0.4, 0.5) is 0 Å². The number of piperidine rings is 1. The third-order valence-electron chi connectivity index (χ3n) is 4.39. The molecule has 2 unspecified atom stereocenters. The zero-order valence-corrected chi connectivity index (χ0v) is 10.9. The first-order valence-corrected chi connectivity index (χ1v) is 6.97. The highest BCUT2D eigenvalue weighted by molar-refractivity contribution is 5.84. The number of rotatable bonds is 2. The average molecular weight is 260 g/mol. The van der Waals surface area contributed by atoms with Gasteiger partial charge in [0.05, 0.1) is 6.10 Å². The molecule has 2 saturated heterocycles. The van der Waals surface area contributed by atoms with Crippen LogP contribution in [-0.4, -0.2) is 34.1 Å². The van der Waals surface area contributed by atoms with Crippen molar-refractivity contribution in [3.05, 3.63) is 35.9 Å². The van der Waals surface area contributed by atoms with Gasteiger partial charge in [-0.05, 0) is 31.2 Å². The van der Waals surface area contributed by atoms with Gasteiger partial charge in [-0.3, -0.25) is 4.79 Å². The molecule has 1 aromatic rings. The van der Waals surface area contributed by atoms with Gasteiger partial charge >= 0.3 is 0 Å². The van der Waals surface area contributed by atoms with E-state index >= 15 is 0 Å². The number of hydrogen-bond donors (Lipinski definition) is 2. The molecule has 19 heavy (non-hydrogen) atoms. The van der Waals surface area contributed by atoms with Crippen LogP contribution in [0.2, 0.25) is 0 Å². The number of nitrogens with two attached hydrogens (primary N) is 1. The molecule has 0 spiro atoms. The van der Waals surface area contributed by atoms with Gasteiger partial charge < -0.3 is 15.7 Å². The molecule has 3 rings (SSSR count). The summed E-state index contributed by atoms with van der Waals surface area (Å²) >= 11 is 0. The largest absolute Gasteiger partial charge is 0.393 e. The van der Waals surface area contributed by atoms with Crippen LogP contribution in [0, 0.1) is 0 Å². The first-order valence-electron chi connectivity index (χ1n) is 6.97. The summed E-state index contributed by atoms with van der Waals surface area (Å²) in [6, 6.07) is 9.27. The summed E-state index contributed by atoms with van der Waals surface area (Å²) < 4.78 is 0. The van der Waals surface area contributed by atoms with E-state index in [4.69, 9.17) is 5.73 Å². The molecule has 2 bridgehead atoms. The van der Waals surface area contributed by atoms with Crippen LogP contribution in [-0.2, 0) is 4.79 Å². The SMILES string of the molecule is N[C@H](C(=O)N1C2CCC1CC(O)C2)c1ccccc1. The molecular formula is C15H20N2O2. The fourth-order valence-electron chi connectivity index (χ4n) is 3.47. The molecule has 0 radical (unpaired) electrons. The van der Waals surface area contributed by atoms with Crippen LogP contribution in [0.1, 0.15) is 37.3 Å². The van der Waals surface area contributed by atoms with Gasteiger partial charge in [0.15, 0.2) is 0 Å². The van der Waals surface area contributed by atoms with Crippen molar-refractivity contribution in [1.82, 2.24) is 4.90 Å². The number of carbonyl (C=O) groups is 1. The summed E-state index contributed by atoms with van der Waals surface area (Å²) in [5.41, 5.74) is 6.96. The summed E-state index contributed by atoms with van der Waals surface area (Å²) in [5.74, 6) is 0.00519. The molecule has 0 aliphatic carbocycles. The normalized spacial score (nSPS) is 31.3. The second kappa shape index (κ2) is 4.94. The van der Waals surface area contributed by atoms with Crippen LogP contribution in [0.15, 0.2) is 30.3 Å². The van der Waals surface area contributed by atoms with Gasteiger partial charge in [-0.15, -0.1) is 0 Å². The summed E-state index contributed by atoms with van der Waals surface area (Å²) in [6.07, 6.45) is 3.13. The van der Waals surface area contributed by atoms with Crippen LogP contribution < -0.4 is 5.73 Å². The number of benzene rings is 1. The Bertz CT molecular complexity index is 448. The lowest BCUT2D eigenvalue weighted by Crippen LogP contribution is -2.50. The molecule has 2 fully saturated rings. The molecule has 2 aliphatic rings. The zero-order valence-electron chi connectivity index (χ0n) is 10.9. The lowest BCUT2D eigenvalue weighted by atomic mass is 9.97. The minimum absolute atomic E-state index is 0.00519. The average Bonchev–Trinajstić information content (AvgIpc) is 2.70. The summed E-state index contributed by atoms with van der Waals surface area (Å²) in [6.45, 7) is 0. The van der Waals surface area contributed by atoms with Crippen molar-refractivity contribution in [3.63, 3.8) is 0 Å². The van der Waals surface area contributed by atoms with Gasteiger partial charge in [0.1, 0.15) is 6.04 Å². The lowest BCUT2D eigenvalue weighted by molar-refractivity contribution is -0.139. The van der Waals surface area contributed by atoms with Crippen molar-refractivity contribution < 1.29 is 9.90 Å². The zero-order chi connectivity index (χ0) is 13.4. The van der Waals surface area contributed by atoms with E-state index in [1.54, 1.807) is 0 Å². The Morgan fingerprint density at radius 2 is 1.79 bits per heavy atom. The number of aliphatic hydroxyl groups excluding tert-OH is 1. The molecule has 4 nitrogen and oxygen atoms in total. The number of amides is 1. The van der Waals surface area contributed by atoms with E-state index in [1.165, 1.54) is 0 Å². The molecule has 1 amide bonds. The number of hydrogen-bond acceptors (Lipinski definition) is 3. The monoisotopic (exact) mass is 260 g/mol. The van der Waals surface area contributed by atoms with Crippen LogP contribution in [0.3, 0.4) is 0 Å². The molecule has 0 aromatic heterocycles. The first-order chi connectivity index (χ1) is 9.16. The molecule has 4 heteroatoms. The highest BCUT2D eigenvalue weighted by atomic mass is 16.3. The van der Waals surface area contributed by atoms with Crippen LogP contribution in [0.25, 0.3) is 0 Å². The predicted octanol–water partition coefficient (Wildman–Crippen LogP) is 1.20. The lowest BCUT2D eigenvalue weighted by Gasteiger charge is -2.38. The smallest absolute Gasteiger partial charge is 0.244 e. The molecule has 102 valence electrons. The number of aliphatic hydroxyl groups is 1. The van der Waals surface area contributed by atoms with Gasteiger partial charge in [-0.25, -0.2) is 0 Å². The van der Waals surface area contributed by atoms with Gasteiger partial charge in [0, 0.05) is 12.1 Å². The Labute approximate surface area is 113 Å². The quantitative estimate of drug-likeness (QED) is 0.839. The third kappa shape index (κ3) is 2.26. The maximum Gasteiger partial charge on any atom is 0.244 e. The van der Waals surface area contributed by atoms with E-state index < -0.39 is 6.04 Å². The van der Waals surface area contributed by atoms with Gasteiger partial charge in [0.25, 0.3) is 0 Å². The molecule has 2 aliphatic heterocycles. The Hall–Kier alpha value is -1.39. The van der Waals surface area contributed by atoms with E-state index in [2.05, 4.69) is 0 Å². The van der Waals surface area contributed by atoms with Crippen molar-refractivity contribution in [3.8, 4) is 0 Å². The molecule has 3 atom stereocenters. The Morgan fingerprint density at radius 3 is 2.37 bits per heavy atom. The summed E-state index contributed by atoms with van der Waals surface area (Å²) in [7, 11) is 0. The van der Waals surface area contributed by atoms with Crippen molar-refractivity contribution in [1.29, 1.82) is 0 Å². The standard InChI is InChI=1S/C15H20N2O2/c16-14(10-4-2-1-3-5-10)15(19)17-11-6-7-12(17)9-13(18)8-11/h1-5,11-14,18H,6-9,16H2/t11?,12?,13?,14-/m0/s1. The predicted molar refractivity (Wildman–Crippen MR) is 72.3 cm³/mol. The highest BCUT2D eigenvalue weighted by Crippen LogP contribution is 2.37. The molecule has 0 saturated carbocycles. The van der Waals surface area contributed by atoms with Crippen LogP contribution in [0.5, 0.6) is 0 Å². The van der Waals surface area contributed by atoms with E-state index in [1.807, 2.05) is 35.2 Å². The second-order valence-corrected chi connectivity index (χ2v) is 5.64. The van der Waals surface area contributed by atoms with Crippen molar-refractivity contribution in [2.75, 3.05) is 0 Å². The third-order valence-corrected chi connectivity index (χ3v) is 4.39. The Balaban J connectivity index is 1.78. The van der Waals surface area contributed by atoms with Crippen molar-refractivity contribution in [2.24, 2.45) is 5.73 Å². The van der Waals surface area contributed by atoms with Gasteiger partial charge in [-0.1, -0.05) is 30.3 Å². The first kappa shape index (κ1) is 12.6. The molecule has 1 aromatic carbocycles. The van der Waals surface area contributed by atoms with Gasteiger partial charge in [0.2, 0.25) is 5.91 Å². The number of carbonyl (C=O) groups excluding carboxylic acids is 1. The highest BCUT2D eigenvalue weighted by Gasteiger charge is 2.44. The van der Waals surface area contributed by atoms with Crippen molar-refractivity contribution in [2.45, 2.75) is 49.9 Å². The number of fused-ring (bicyclic) bond motifs is 2. The molecule has 3 N–H and O–H groups in total. The van der Waals surface area contributed by atoms with Gasteiger partial charge in [-0.2, -0.15) is 0 Å². The molecule has 2 heterocycles. The number of nitrogens with zero attached hydrogens (tertiary/aromatic N) is 1. The fraction of sp³-hybridized carbons (Fsp3) is 0.533. The van der Waals surface area contributed by atoms with E-state index in [9.17, 15) is 9.90 Å². The maximum absolute atomic E-state index is 12.6. The van der Waals surface area contributed by atoms with E-state index in [0.717, 1.165) is 18.4 Å². The Kier molecular flexibility index (Phi) is 3.29. The Morgan fingerprint density at radius 1 is 1.21 bits per heavy atom. The maximum atomic E-state index is 12.6. The van der Waals surface area contributed by atoms with E-state index in [0.29, 0.717) is 12.8 Å². The van der Waals surface area contributed by atoms with Crippen LogP contribution >= 0.6 is 0 Å². The minimum atomic E-state index is -0.584. The fourth-order valence-corrected chi connectivity index (χ4v) is 3.47. The summed E-state index contributed by atoms with van der Waals surface area (Å²) in [5, 5.41) is 9.78. The van der Waals surface area contributed by atoms with E-state index in [-0.39, 0.29) is 24.1 Å². The minimum Gasteiger partial charge on any atom is -0.393 e. The molecular weight excluding hydrogens is 240 g/mol.